The van der Waals surface area contributed by atoms with Crippen molar-refractivity contribution >= 4 is 5.78 Å². The Morgan fingerprint density at radius 3 is 2.33 bits per heavy atom. The maximum absolute atomic E-state index is 12.2. The average molecular weight is 335 g/mol. The topological polar surface area (TPSA) is 57.5 Å². The molecule has 0 bridgehead atoms. The number of rotatable bonds is 1. The Labute approximate surface area is 146 Å². The second kappa shape index (κ2) is 5.54. The number of aliphatic hydroxyl groups excluding tert-OH is 2. The van der Waals surface area contributed by atoms with Gasteiger partial charge in [0.2, 0.25) is 0 Å². The molecular weight excluding hydrogens is 300 g/mol. The van der Waals surface area contributed by atoms with E-state index in [9.17, 15) is 15.0 Å². The van der Waals surface area contributed by atoms with Gasteiger partial charge in [0.15, 0.2) is 0 Å². The van der Waals surface area contributed by atoms with Gasteiger partial charge in [-0.2, -0.15) is 0 Å². The molecule has 9 atom stereocenters. The normalized spacial score (nSPS) is 57.0. The van der Waals surface area contributed by atoms with E-state index in [0.29, 0.717) is 23.5 Å². The lowest BCUT2D eigenvalue weighted by Crippen LogP contribution is -2.56. The van der Waals surface area contributed by atoms with E-state index in [2.05, 4.69) is 13.8 Å². The Morgan fingerprint density at radius 2 is 1.62 bits per heavy atom. The number of fused-ring (bicyclic) bond motifs is 5. The van der Waals surface area contributed by atoms with E-state index >= 15 is 0 Å². The zero-order valence-corrected chi connectivity index (χ0v) is 15.5. The van der Waals surface area contributed by atoms with Crippen LogP contribution in [0.4, 0.5) is 0 Å². The van der Waals surface area contributed by atoms with Crippen molar-refractivity contribution in [2.24, 2.45) is 40.4 Å². The fraction of sp³-hybridized carbons (Fsp3) is 0.952. The Balaban J connectivity index is 1.62. The monoisotopic (exact) mass is 334 g/mol. The molecule has 136 valence electrons. The van der Waals surface area contributed by atoms with Crippen molar-refractivity contribution in [3.63, 3.8) is 0 Å². The molecule has 4 saturated carbocycles. The second-order valence-corrected chi connectivity index (χ2v) is 10.0. The van der Waals surface area contributed by atoms with Crippen molar-refractivity contribution in [2.75, 3.05) is 0 Å². The van der Waals surface area contributed by atoms with Gasteiger partial charge in [0.1, 0.15) is 5.78 Å². The first kappa shape index (κ1) is 17.0. The van der Waals surface area contributed by atoms with Crippen molar-refractivity contribution in [3.8, 4) is 0 Å². The van der Waals surface area contributed by atoms with Crippen LogP contribution in [0.15, 0.2) is 0 Å². The minimum atomic E-state index is -0.549. The Kier molecular flexibility index (Phi) is 3.93. The average Bonchev–Trinajstić information content (AvgIpc) is 2.86. The molecule has 0 aliphatic heterocycles. The summed E-state index contributed by atoms with van der Waals surface area (Å²) in [5.74, 6) is 3.31. The summed E-state index contributed by atoms with van der Waals surface area (Å²) in [5, 5.41) is 20.5. The smallest absolute Gasteiger partial charge is 0.133 e. The van der Waals surface area contributed by atoms with Gasteiger partial charge in [-0.25, -0.2) is 0 Å². The molecule has 0 spiro atoms. The van der Waals surface area contributed by atoms with Gasteiger partial charge in [-0.1, -0.05) is 13.8 Å². The molecule has 0 radical (unpaired) electrons. The third-order valence-electron chi connectivity index (χ3n) is 9.18. The highest BCUT2D eigenvalue weighted by atomic mass is 16.3. The van der Waals surface area contributed by atoms with Crippen LogP contribution in [0, 0.1) is 40.4 Å². The zero-order chi connectivity index (χ0) is 17.3. The van der Waals surface area contributed by atoms with Crippen molar-refractivity contribution in [1.29, 1.82) is 0 Å². The Bertz CT molecular complexity index is 531. The highest BCUT2D eigenvalue weighted by molar-refractivity contribution is 5.79. The largest absolute Gasteiger partial charge is 0.390 e. The molecule has 0 aromatic heterocycles. The van der Waals surface area contributed by atoms with E-state index in [0.717, 1.165) is 25.2 Å². The number of hydrogen-bond acceptors (Lipinski definition) is 3. The maximum Gasteiger partial charge on any atom is 0.133 e. The summed E-state index contributed by atoms with van der Waals surface area (Å²) < 4.78 is 0. The summed E-state index contributed by atoms with van der Waals surface area (Å²) in [6.45, 7) is 6.58. The first-order chi connectivity index (χ1) is 11.3. The van der Waals surface area contributed by atoms with Crippen LogP contribution in [-0.4, -0.2) is 28.2 Å². The molecule has 24 heavy (non-hydrogen) atoms. The quantitative estimate of drug-likeness (QED) is 0.771. The number of aliphatic hydroxyl groups is 2. The van der Waals surface area contributed by atoms with Gasteiger partial charge in [0.25, 0.3) is 0 Å². The minimum Gasteiger partial charge on any atom is -0.390 e. The molecule has 3 unspecified atom stereocenters. The van der Waals surface area contributed by atoms with Crippen molar-refractivity contribution < 1.29 is 15.0 Å². The molecule has 4 fully saturated rings. The van der Waals surface area contributed by atoms with Gasteiger partial charge in [-0.3, -0.25) is 4.79 Å². The fourth-order valence-electron chi connectivity index (χ4n) is 7.94. The van der Waals surface area contributed by atoms with Crippen LogP contribution in [0.2, 0.25) is 0 Å². The van der Waals surface area contributed by atoms with Gasteiger partial charge in [0, 0.05) is 5.92 Å². The van der Waals surface area contributed by atoms with Crippen molar-refractivity contribution in [3.05, 3.63) is 0 Å². The molecule has 0 amide bonds. The van der Waals surface area contributed by atoms with Gasteiger partial charge in [-0.05, 0) is 92.8 Å². The predicted octanol–water partition coefficient (Wildman–Crippen LogP) is 3.57. The number of hydrogen-bond donors (Lipinski definition) is 2. The van der Waals surface area contributed by atoms with Crippen LogP contribution in [0.1, 0.15) is 72.1 Å². The first-order valence-electron chi connectivity index (χ1n) is 10.1. The lowest BCUT2D eigenvalue weighted by atomic mass is 9.44. The molecule has 3 heteroatoms. The standard InChI is InChI=1S/C21H34O3/c1-12(22)15-6-7-16-14-5-4-13-10-18(23)19(24)11-21(13,3)17(14)8-9-20(15,16)2/h13-19,23-24H,4-11H2,1-3H3/t13?,14-,15+,16?,17?,18-,19+,20+,21-/m0/s1. The van der Waals surface area contributed by atoms with Gasteiger partial charge in [0.05, 0.1) is 12.2 Å². The lowest BCUT2D eigenvalue weighted by molar-refractivity contribution is -0.160. The molecule has 4 aliphatic rings. The second-order valence-electron chi connectivity index (χ2n) is 10.0. The Morgan fingerprint density at radius 1 is 0.917 bits per heavy atom. The summed E-state index contributed by atoms with van der Waals surface area (Å²) in [7, 11) is 0. The highest BCUT2D eigenvalue weighted by Crippen LogP contribution is 2.67. The van der Waals surface area contributed by atoms with E-state index in [1.807, 2.05) is 0 Å². The van der Waals surface area contributed by atoms with E-state index in [1.165, 1.54) is 32.1 Å². The molecule has 0 aromatic carbocycles. The molecule has 0 heterocycles. The van der Waals surface area contributed by atoms with Crippen LogP contribution in [-0.2, 0) is 4.79 Å². The minimum absolute atomic E-state index is 0.178. The zero-order valence-electron chi connectivity index (χ0n) is 15.5. The van der Waals surface area contributed by atoms with E-state index < -0.39 is 12.2 Å². The molecule has 0 aromatic rings. The lowest BCUT2D eigenvalue weighted by Gasteiger charge is -2.61. The van der Waals surface area contributed by atoms with Gasteiger partial charge >= 0.3 is 0 Å². The highest BCUT2D eigenvalue weighted by Gasteiger charge is 2.61. The molecular formula is C21H34O3. The third kappa shape index (κ3) is 2.19. The summed E-state index contributed by atoms with van der Waals surface area (Å²) in [6, 6.07) is 0. The molecule has 2 N–H and O–H groups in total. The van der Waals surface area contributed by atoms with Crippen molar-refractivity contribution in [2.45, 2.75) is 84.3 Å². The van der Waals surface area contributed by atoms with Gasteiger partial charge in [-0.15, -0.1) is 0 Å². The van der Waals surface area contributed by atoms with Crippen LogP contribution < -0.4 is 0 Å². The number of carbonyl (C=O) groups excluding carboxylic acids is 1. The van der Waals surface area contributed by atoms with E-state index in [4.69, 9.17) is 0 Å². The number of Topliss-reactive ketones (excluding diaryl/α,β-unsaturated/α-hetero) is 1. The van der Waals surface area contributed by atoms with E-state index in [1.54, 1.807) is 6.92 Å². The molecule has 4 aliphatic carbocycles. The van der Waals surface area contributed by atoms with Crippen LogP contribution >= 0.6 is 0 Å². The van der Waals surface area contributed by atoms with E-state index in [-0.39, 0.29) is 16.7 Å². The summed E-state index contributed by atoms with van der Waals surface area (Å²) >= 11 is 0. The summed E-state index contributed by atoms with van der Waals surface area (Å²) in [6.07, 6.45) is 7.60. The molecule has 3 nitrogen and oxygen atoms in total. The third-order valence-corrected chi connectivity index (χ3v) is 9.18. The fourth-order valence-corrected chi connectivity index (χ4v) is 7.94. The van der Waals surface area contributed by atoms with Crippen LogP contribution in [0.5, 0.6) is 0 Å². The molecule has 4 rings (SSSR count). The Hall–Kier alpha value is -0.410. The van der Waals surface area contributed by atoms with Gasteiger partial charge < -0.3 is 10.2 Å². The first-order valence-corrected chi connectivity index (χ1v) is 10.1. The summed E-state index contributed by atoms with van der Waals surface area (Å²) in [5.41, 5.74) is 0.389. The maximum atomic E-state index is 12.2. The SMILES string of the molecule is CC(=O)[C@H]1CCC2[C@@H]3CCC4C[C@H](O)[C@H](O)C[C@]4(C)C3CC[C@@]21C. The predicted molar refractivity (Wildman–Crippen MR) is 93.3 cm³/mol. The number of ketones is 1. The van der Waals surface area contributed by atoms with Crippen LogP contribution in [0.25, 0.3) is 0 Å². The summed E-state index contributed by atoms with van der Waals surface area (Å²) in [4.78, 5) is 12.2. The molecule has 0 saturated heterocycles. The van der Waals surface area contributed by atoms with Crippen molar-refractivity contribution in [1.82, 2.24) is 0 Å². The number of carbonyl (C=O) groups is 1. The van der Waals surface area contributed by atoms with Crippen LogP contribution in [0.3, 0.4) is 0 Å².